The van der Waals surface area contributed by atoms with Crippen LogP contribution in [0.25, 0.3) is 0 Å². The molecule has 3 nitrogen and oxygen atoms in total. The molecule has 16 heavy (non-hydrogen) atoms. The lowest BCUT2D eigenvalue weighted by molar-refractivity contribution is -0.137. The number of aliphatic hydroxyl groups excluding tert-OH is 2. The first-order valence-electron chi connectivity index (χ1n) is 4.52. The third-order valence-electron chi connectivity index (χ3n) is 1.83. The summed E-state index contributed by atoms with van der Waals surface area (Å²) < 4.78 is 41.5. The van der Waals surface area contributed by atoms with Gasteiger partial charge in [-0.2, -0.15) is 13.2 Å². The van der Waals surface area contributed by atoms with Gasteiger partial charge in [0.1, 0.15) is 18.5 Å². The molecule has 0 saturated heterocycles. The number of benzene rings is 1. The number of hydrogen-bond acceptors (Lipinski definition) is 3. The van der Waals surface area contributed by atoms with Crippen molar-refractivity contribution >= 4 is 0 Å². The van der Waals surface area contributed by atoms with Crippen LogP contribution >= 0.6 is 0 Å². The van der Waals surface area contributed by atoms with Crippen LogP contribution in [0.3, 0.4) is 0 Å². The molecule has 0 spiro atoms. The highest BCUT2D eigenvalue weighted by molar-refractivity contribution is 5.28. The van der Waals surface area contributed by atoms with Crippen LogP contribution in [0.2, 0.25) is 0 Å². The summed E-state index contributed by atoms with van der Waals surface area (Å²) in [7, 11) is 0. The van der Waals surface area contributed by atoms with E-state index in [-0.39, 0.29) is 12.4 Å². The van der Waals surface area contributed by atoms with Gasteiger partial charge in [-0.1, -0.05) is 0 Å². The number of alkyl halides is 3. The van der Waals surface area contributed by atoms with Gasteiger partial charge in [-0.05, 0) is 24.3 Å². The molecule has 0 amide bonds. The highest BCUT2D eigenvalue weighted by atomic mass is 19.4. The Morgan fingerprint density at radius 2 is 1.75 bits per heavy atom. The third-order valence-corrected chi connectivity index (χ3v) is 1.83. The van der Waals surface area contributed by atoms with Crippen molar-refractivity contribution in [1.82, 2.24) is 0 Å². The molecule has 0 heterocycles. The molecule has 0 unspecified atom stereocenters. The van der Waals surface area contributed by atoms with Crippen LogP contribution in [-0.4, -0.2) is 29.5 Å². The van der Waals surface area contributed by atoms with Crippen LogP contribution < -0.4 is 4.74 Å². The van der Waals surface area contributed by atoms with E-state index in [1.165, 1.54) is 0 Å². The first-order chi connectivity index (χ1) is 7.43. The molecular formula is C10H11F3O3. The monoisotopic (exact) mass is 236 g/mol. The highest BCUT2D eigenvalue weighted by Gasteiger charge is 2.29. The molecule has 0 aliphatic heterocycles. The van der Waals surface area contributed by atoms with Crippen molar-refractivity contribution in [3.8, 4) is 5.75 Å². The average molecular weight is 236 g/mol. The van der Waals surface area contributed by atoms with Gasteiger partial charge < -0.3 is 14.9 Å². The first kappa shape index (κ1) is 12.8. The van der Waals surface area contributed by atoms with Gasteiger partial charge in [0.05, 0.1) is 12.2 Å². The van der Waals surface area contributed by atoms with E-state index in [4.69, 9.17) is 14.9 Å². The molecule has 0 aliphatic rings. The third kappa shape index (κ3) is 3.71. The second kappa shape index (κ2) is 5.18. The van der Waals surface area contributed by atoms with Gasteiger partial charge in [0.25, 0.3) is 0 Å². The van der Waals surface area contributed by atoms with E-state index < -0.39 is 24.5 Å². The molecular weight excluding hydrogens is 225 g/mol. The van der Waals surface area contributed by atoms with Crippen LogP contribution in [0.4, 0.5) is 13.2 Å². The molecule has 0 radical (unpaired) electrons. The van der Waals surface area contributed by atoms with Crippen molar-refractivity contribution in [2.45, 2.75) is 12.3 Å². The second-order valence-corrected chi connectivity index (χ2v) is 3.17. The molecule has 1 aromatic rings. The van der Waals surface area contributed by atoms with E-state index >= 15 is 0 Å². The number of rotatable bonds is 4. The summed E-state index contributed by atoms with van der Waals surface area (Å²) in [6, 6.07) is 4.10. The van der Waals surface area contributed by atoms with Gasteiger partial charge in [-0.15, -0.1) is 0 Å². The highest BCUT2D eigenvalue weighted by Crippen LogP contribution is 2.30. The molecule has 1 aromatic carbocycles. The zero-order valence-electron chi connectivity index (χ0n) is 8.24. The molecule has 1 atom stereocenters. The predicted molar refractivity (Wildman–Crippen MR) is 50.0 cm³/mol. The second-order valence-electron chi connectivity index (χ2n) is 3.17. The Morgan fingerprint density at radius 3 is 2.19 bits per heavy atom. The summed E-state index contributed by atoms with van der Waals surface area (Å²) in [5, 5.41) is 17.4. The van der Waals surface area contributed by atoms with Gasteiger partial charge in [0, 0.05) is 0 Å². The topological polar surface area (TPSA) is 49.7 Å². The Hall–Kier alpha value is -1.27. The largest absolute Gasteiger partial charge is 0.491 e. The summed E-state index contributed by atoms with van der Waals surface area (Å²) in [6.45, 7) is -0.623. The summed E-state index contributed by atoms with van der Waals surface area (Å²) in [6.07, 6.45) is -5.41. The number of aliphatic hydroxyl groups is 2. The van der Waals surface area contributed by atoms with Crippen LogP contribution in [0.1, 0.15) is 5.56 Å². The van der Waals surface area contributed by atoms with Crippen molar-refractivity contribution < 1.29 is 28.1 Å². The van der Waals surface area contributed by atoms with E-state index in [0.29, 0.717) is 0 Å². The number of hydrogen-bond donors (Lipinski definition) is 2. The number of halogens is 3. The Bertz CT molecular complexity index is 321. The lowest BCUT2D eigenvalue weighted by atomic mass is 10.2. The van der Waals surface area contributed by atoms with Gasteiger partial charge in [0.15, 0.2) is 0 Å². The summed E-state index contributed by atoms with van der Waals surface area (Å²) in [4.78, 5) is 0. The smallest absolute Gasteiger partial charge is 0.416 e. The molecule has 0 aliphatic carbocycles. The first-order valence-corrected chi connectivity index (χ1v) is 4.52. The minimum atomic E-state index is -4.37. The molecule has 0 bridgehead atoms. The van der Waals surface area contributed by atoms with Gasteiger partial charge in [-0.3, -0.25) is 0 Å². The summed E-state index contributed by atoms with van der Waals surface area (Å²) >= 11 is 0. The quantitative estimate of drug-likeness (QED) is 0.831. The summed E-state index contributed by atoms with van der Waals surface area (Å²) in [5.74, 6) is 0.209. The van der Waals surface area contributed by atoms with E-state index in [9.17, 15) is 13.2 Å². The Balaban J connectivity index is 2.58. The molecule has 2 N–H and O–H groups in total. The van der Waals surface area contributed by atoms with Crippen molar-refractivity contribution in [2.75, 3.05) is 13.2 Å². The van der Waals surface area contributed by atoms with Crippen molar-refractivity contribution in [1.29, 1.82) is 0 Å². The Kier molecular flexibility index (Phi) is 4.14. The maximum atomic E-state index is 12.2. The normalized spacial score (nSPS) is 13.6. The maximum Gasteiger partial charge on any atom is 0.416 e. The van der Waals surface area contributed by atoms with E-state index in [1.807, 2.05) is 0 Å². The molecule has 1 rings (SSSR count). The molecule has 90 valence electrons. The lowest BCUT2D eigenvalue weighted by Crippen LogP contribution is -2.21. The Labute approximate surface area is 90.1 Å². The van der Waals surface area contributed by atoms with Gasteiger partial charge in [-0.25, -0.2) is 0 Å². The van der Waals surface area contributed by atoms with Gasteiger partial charge >= 0.3 is 6.18 Å². The van der Waals surface area contributed by atoms with Gasteiger partial charge in [0.2, 0.25) is 0 Å². The average Bonchev–Trinajstić information content (AvgIpc) is 2.25. The van der Waals surface area contributed by atoms with E-state index in [1.54, 1.807) is 0 Å². The fourth-order valence-electron chi connectivity index (χ4n) is 0.985. The van der Waals surface area contributed by atoms with Crippen molar-refractivity contribution in [3.05, 3.63) is 29.8 Å². The zero-order chi connectivity index (χ0) is 12.2. The van der Waals surface area contributed by atoms with Crippen molar-refractivity contribution in [3.63, 3.8) is 0 Å². The maximum absolute atomic E-state index is 12.2. The van der Waals surface area contributed by atoms with E-state index in [0.717, 1.165) is 24.3 Å². The molecule has 0 fully saturated rings. The minimum Gasteiger partial charge on any atom is -0.491 e. The number of ether oxygens (including phenoxy) is 1. The molecule has 0 aromatic heterocycles. The fraction of sp³-hybridized carbons (Fsp3) is 0.400. The fourth-order valence-corrected chi connectivity index (χ4v) is 0.985. The predicted octanol–water partition coefficient (Wildman–Crippen LogP) is 1.44. The van der Waals surface area contributed by atoms with E-state index in [2.05, 4.69) is 0 Å². The Morgan fingerprint density at radius 1 is 1.19 bits per heavy atom. The minimum absolute atomic E-state index is 0.165. The molecule has 6 heteroatoms. The van der Waals surface area contributed by atoms with Crippen LogP contribution in [-0.2, 0) is 6.18 Å². The van der Waals surface area contributed by atoms with Crippen molar-refractivity contribution in [2.24, 2.45) is 0 Å². The van der Waals surface area contributed by atoms with Crippen LogP contribution in [0, 0.1) is 0 Å². The lowest BCUT2D eigenvalue weighted by Gasteiger charge is -2.11. The van der Waals surface area contributed by atoms with Crippen LogP contribution in [0.5, 0.6) is 5.75 Å². The van der Waals surface area contributed by atoms with Crippen LogP contribution in [0.15, 0.2) is 24.3 Å². The summed E-state index contributed by atoms with van der Waals surface area (Å²) in [5.41, 5.74) is -0.762. The SMILES string of the molecule is OC[C@H](O)COc1ccc(C(F)(F)F)cc1. The standard InChI is InChI=1S/C10H11F3O3/c11-10(12,13)7-1-3-9(4-2-7)16-6-8(15)5-14/h1-4,8,14-15H,5-6H2/t8-/m0/s1. The zero-order valence-corrected chi connectivity index (χ0v) is 8.24. The molecule has 0 saturated carbocycles.